The molecule has 0 bridgehead atoms. The first-order chi connectivity index (χ1) is 15.2. The summed E-state index contributed by atoms with van der Waals surface area (Å²) in [5, 5.41) is 1.15. The van der Waals surface area contributed by atoms with Gasteiger partial charge in [0, 0.05) is 31.6 Å². The second kappa shape index (κ2) is 10.7. The second-order valence-electron chi connectivity index (χ2n) is 7.80. The average Bonchev–Trinajstić information content (AvgIpc) is 2.77. The Bertz CT molecular complexity index is 1120. The SMILES string of the molecule is COc1ccc(-c2c(C)ncsc(C(C)(C)OC)cn2C)cc1SNc1ccc(P)cc1. The molecule has 0 aliphatic heterocycles. The molecule has 3 aromatic rings. The van der Waals surface area contributed by atoms with Gasteiger partial charge in [-0.25, -0.2) is 4.98 Å². The van der Waals surface area contributed by atoms with E-state index in [2.05, 4.69) is 80.0 Å². The van der Waals surface area contributed by atoms with Crippen LogP contribution in [0.1, 0.15) is 24.4 Å². The molecule has 32 heavy (non-hydrogen) atoms. The van der Waals surface area contributed by atoms with E-state index < -0.39 is 5.60 Å². The number of aromatic nitrogens is 2. The van der Waals surface area contributed by atoms with E-state index in [1.165, 1.54) is 11.9 Å². The van der Waals surface area contributed by atoms with E-state index in [-0.39, 0.29) is 0 Å². The minimum absolute atomic E-state index is 0.404. The Balaban J connectivity index is 2.04. The molecule has 170 valence electrons. The van der Waals surface area contributed by atoms with Gasteiger partial charge >= 0.3 is 0 Å². The molecule has 0 spiro atoms. The lowest BCUT2D eigenvalue weighted by Gasteiger charge is -2.23. The highest BCUT2D eigenvalue weighted by atomic mass is 32.2. The maximum Gasteiger partial charge on any atom is 0.134 e. The standard InChI is InChI=1S/C24H30N3O2PS2/c1-16-23(27(4)14-22(31-15-25-16)24(2,3)29-6)17-7-12-20(28-5)21(13-17)32-26-18-8-10-19(30)11-9-18/h7-15,26H,30H2,1-6H3. The van der Waals surface area contributed by atoms with Crippen molar-refractivity contribution in [2.75, 3.05) is 18.9 Å². The maximum absolute atomic E-state index is 5.70. The van der Waals surface area contributed by atoms with Crippen LogP contribution in [0.4, 0.5) is 5.69 Å². The van der Waals surface area contributed by atoms with Crippen LogP contribution in [0.5, 0.6) is 5.75 Å². The van der Waals surface area contributed by atoms with Gasteiger partial charge in [-0.2, -0.15) is 0 Å². The fourth-order valence-corrected chi connectivity index (χ4v) is 5.03. The van der Waals surface area contributed by atoms with Gasteiger partial charge in [0.1, 0.15) is 5.75 Å². The van der Waals surface area contributed by atoms with E-state index in [9.17, 15) is 0 Å². The topological polar surface area (TPSA) is 48.3 Å². The molecule has 0 aliphatic carbocycles. The molecule has 1 aromatic heterocycles. The number of nitrogens with zero attached hydrogens (tertiary/aromatic N) is 2. The lowest BCUT2D eigenvalue weighted by molar-refractivity contribution is 0.0219. The lowest BCUT2D eigenvalue weighted by Crippen LogP contribution is -2.19. The van der Waals surface area contributed by atoms with Crippen LogP contribution in [0.25, 0.3) is 11.3 Å². The van der Waals surface area contributed by atoms with Gasteiger partial charge in [0.15, 0.2) is 0 Å². The lowest BCUT2D eigenvalue weighted by atomic mass is 10.1. The van der Waals surface area contributed by atoms with Crippen molar-refractivity contribution in [1.82, 2.24) is 9.55 Å². The van der Waals surface area contributed by atoms with E-state index in [1.54, 1.807) is 25.6 Å². The molecule has 2 aromatic carbocycles. The summed E-state index contributed by atoms with van der Waals surface area (Å²) in [4.78, 5) is 6.77. The van der Waals surface area contributed by atoms with E-state index in [0.29, 0.717) is 0 Å². The number of hydrogen-bond acceptors (Lipinski definition) is 6. The fourth-order valence-electron chi connectivity index (χ4n) is 3.13. The quantitative estimate of drug-likeness (QED) is 0.323. The predicted octanol–water partition coefficient (Wildman–Crippen LogP) is 6.09. The number of nitrogens with one attached hydrogen (secondary N) is 1. The smallest absolute Gasteiger partial charge is 0.134 e. The first-order valence-electron chi connectivity index (χ1n) is 10.1. The molecule has 0 aliphatic rings. The predicted molar refractivity (Wildman–Crippen MR) is 141 cm³/mol. The van der Waals surface area contributed by atoms with Crippen LogP contribution in [0, 0.1) is 6.92 Å². The van der Waals surface area contributed by atoms with Gasteiger partial charge in [-0.05, 0) is 68.4 Å². The van der Waals surface area contributed by atoms with E-state index in [1.807, 2.05) is 25.5 Å². The summed E-state index contributed by atoms with van der Waals surface area (Å²) in [7, 11) is 8.17. The van der Waals surface area contributed by atoms with Crippen LogP contribution in [-0.4, -0.2) is 23.8 Å². The zero-order valence-corrected chi connectivity index (χ0v) is 22.1. The molecular weight excluding hydrogens is 457 g/mol. The van der Waals surface area contributed by atoms with Crippen molar-refractivity contribution in [2.45, 2.75) is 31.3 Å². The summed E-state index contributed by atoms with van der Waals surface area (Å²) < 4.78 is 16.8. The summed E-state index contributed by atoms with van der Waals surface area (Å²) in [5.74, 6) is 0.816. The molecule has 1 N–H and O–H groups in total. The van der Waals surface area contributed by atoms with Crippen molar-refractivity contribution in [3.63, 3.8) is 0 Å². The number of aryl methyl sites for hydroxylation is 2. The molecule has 0 saturated carbocycles. The molecule has 0 fully saturated rings. The van der Waals surface area contributed by atoms with Crippen LogP contribution >= 0.6 is 32.5 Å². The van der Waals surface area contributed by atoms with E-state index >= 15 is 0 Å². The summed E-state index contributed by atoms with van der Waals surface area (Å²) in [5.41, 5.74) is 5.54. The summed E-state index contributed by atoms with van der Waals surface area (Å²) in [6, 6.07) is 14.4. The molecule has 0 radical (unpaired) electrons. The number of ether oxygens (including phenoxy) is 2. The molecule has 8 heteroatoms. The molecule has 0 amide bonds. The Labute approximate surface area is 201 Å². The van der Waals surface area contributed by atoms with Crippen LogP contribution in [0.2, 0.25) is 0 Å². The van der Waals surface area contributed by atoms with Crippen molar-refractivity contribution in [2.24, 2.45) is 7.05 Å². The minimum atomic E-state index is -0.404. The third-order valence-electron chi connectivity index (χ3n) is 5.16. The van der Waals surface area contributed by atoms with Gasteiger partial charge in [-0.1, -0.05) is 12.1 Å². The molecule has 1 heterocycles. The molecule has 0 saturated heterocycles. The van der Waals surface area contributed by atoms with E-state index in [4.69, 9.17) is 9.47 Å². The molecule has 3 rings (SSSR count). The number of hydrogen-bond donors (Lipinski definition) is 1. The van der Waals surface area contributed by atoms with Crippen molar-refractivity contribution in [3.05, 3.63) is 64.7 Å². The fraction of sp³-hybridized carbons (Fsp3) is 0.292. The Kier molecular flexibility index (Phi) is 8.23. The number of methoxy groups -OCH3 is 2. The van der Waals surface area contributed by atoms with E-state index in [0.717, 1.165) is 43.5 Å². The Hall–Kier alpha value is -2.05. The normalized spacial score (nSPS) is 11.2. The highest BCUT2D eigenvalue weighted by Gasteiger charge is 2.21. The molecular formula is C24H30N3O2PS2. The van der Waals surface area contributed by atoms with Crippen LogP contribution in [0.15, 0.2) is 59.1 Å². The van der Waals surface area contributed by atoms with Crippen LogP contribution in [0.3, 0.4) is 0 Å². The minimum Gasteiger partial charge on any atom is -0.496 e. The van der Waals surface area contributed by atoms with Crippen molar-refractivity contribution < 1.29 is 9.47 Å². The largest absolute Gasteiger partial charge is 0.496 e. The number of anilines is 1. The Morgan fingerprint density at radius 2 is 1.84 bits per heavy atom. The zero-order chi connectivity index (χ0) is 23.3. The third-order valence-corrected chi connectivity index (χ3v) is 7.49. The second-order valence-corrected chi connectivity index (χ2v) is 10.2. The third kappa shape index (κ3) is 5.84. The monoisotopic (exact) mass is 487 g/mol. The highest BCUT2D eigenvalue weighted by molar-refractivity contribution is 8.00. The number of rotatable bonds is 7. The molecule has 1 atom stereocenters. The van der Waals surface area contributed by atoms with Crippen molar-refractivity contribution >= 4 is 43.5 Å². The zero-order valence-electron chi connectivity index (χ0n) is 19.3. The summed E-state index contributed by atoms with van der Waals surface area (Å²) in [6.07, 6.45) is 2.12. The van der Waals surface area contributed by atoms with Gasteiger partial charge in [0.2, 0.25) is 0 Å². The summed E-state index contributed by atoms with van der Waals surface area (Å²) >= 11 is 3.11. The van der Waals surface area contributed by atoms with Gasteiger partial charge < -0.3 is 18.8 Å². The van der Waals surface area contributed by atoms with Gasteiger partial charge in [-0.15, -0.1) is 20.6 Å². The Morgan fingerprint density at radius 3 is 2.50 bits per heavy atom. The molecule has 1 unspecified atom stereocenters. The van der Waals surface area contributed by atoms with Gasteiger partial charge in [0.25, 0.3) is 0 Å². The van der Waals surface area contributed by atoms with Gasteiger partial charge in [0.05, 0.1) is 39.4 Å². The van der Waals surface area contributed by atoms with Gasteiger partial charge in [-0.3, -0.25) is 0 Å². The van der Waals surface area contributed by atoms with Crippen LogP contribution < -0.4 is 14.8 Å². The number of benzene rings is 2. The van der Waals surface area contributed by atoms with Crippen molar-refractivity contribution in [1.29, 1.82) is 0 Å². The molecule has 5 nitrogen and oxygen atoms in total. The first-order valence-corrected chi connectivity index (χ1v) is 12.4. The highest BCUT2D eigenvalue weighted by Crippen LogP contribution is 2.35. The van der Waals surface area contributed by atoms with Crippen LogP contribution in [-0.2, 0) is 17.4 Å². The summed E-state index contributed by atoms with van der Waals surface area (Å²) in [6.45, 7) is 6.15. The first kappa shape index (κ1) is 24.6. The van der Waals surface area contributed by atoms with Crippen molar-refractivity contribution in [3.8, 4) is 17.0 Å². The Morgan fingerprint density at radius 1 is 1.12 bits per heavy atom. The average molecular weight is 488 g/mol. The maximum atomic E-state index is 5.70.